The van der Waals surface area contributed by atoms with Crippen LogP contribution in [-0.2, 0) is 4.79 Å². The molecule has 0 bridgehead atoms. The number of β-amino-alcohol motifs (C(OH)–C–C–N with tert-alkyl or cyclic N) is 1. The van der Waals surface area contributed by atoms with Gasteiger partial charge in [-0.1, -0.05) is 15.9 Å². The molecule has 58 valence electrons. The lowest BCUT2D eigenvalue weighted by Gasteiger charge is -2.12. The maximum Gasteiger partial charge on any atom is 0.236 e. The molecule has 0 spiro atoms. The van der Waals surface area contributed by atoms with Gasteiger partial charge in [-0.2, -0.15) is 0 Å². The minimum absolute atomic E-state index is 0.0148. The first-order valence-electron chi connectivity index (χ1n) is 3.29. The van der Waals surface area contributed by atoms with Crippen molar-refractivity contribution in [3.63, 3.8) is 0 Å². The van der Waals surface area contributed by atoms with E-state index >= 15 is 0 Å². The van der Waals surface area contributed by atoms with Gasteiger partial charge in [-0.25, -0.2) is 0 Å². The molecular formula is C6H10BrNO2. The third-order valence-corrected chi connectivity index (χ3v) is 2.45. The van der Waals surface area contributed by atoms with Gasteiger partial charge in [0, 0.05) is 13.1 Å². The van der Waals surface area contributed by atoms with Gasteiger partial charge in [-0.3, -0.25) is 4.79 Å². The van der Waals surface area contributed by atoms with Crippen molar-refractivity contribution in [2.24, 2.45) is 0 Å². The summed E-state index contributed by atoms with van der Waals surface area (Å²) in [6.07, 6.45) is 0.860. The van der Waals surface area contributed by atoms with Crippen molar-refractivity contribution in [1.82, 2.24) is 4.90 Å². The minimum atomic E-state index is -0.0148. The summed E-state index contributed by atoms with van der Waals surface area (Å²) in [5.74, 6) is 0.106. The monoisotopic (exact) mass is 207 g/mol. The van der Waals surface area contributed by atoms with Crippen molar-refractivity contribution in [3.8, 4) is 0 Å². The number of rotatable bonds is 2. The number of alkyl halides is 1. The van der Waals surface area contributed by atoms with Crippen LogP contribution in [0.2, 0.25) is 0 Å². The molecule has 1 atom stereocenters. The molecule has 1 fully saturated rings. The van der Waals surface area contributed by atoms with Crippen LogP contribution in [-0.4, -0.2) is 40.4 Å². The van der Waals surface area contributed by atoms with E-state index in [0.717, 1.165) is 13.0 Å². The quantitative estimate of drug-likeness (QED) is 0.647. The van der Waals surface area contributed by atoms with Crippen LogP contribution < -0.4 is 0 Å². The molecule has 0 aromatic carbocycles. The van der Waals surface area contributed by atoms with Gasteiger partial charge in [-0.15, -0.1) is 0 Å². The number of amides is 1. The second-order valence-electron chi connectivity index (χ2n) is 2.31. The zero-order chi connectivity index (χ0) is 7.56. The van der Waals surface area contributed by atoms with Crippen LogP contribution >= 0.6 is 15.9 Å². The molecule has 3 nitrogen and oxygen atoms in total. The zero-order valence-corrected chi connectivity index (χ0v) is 7.17. The van der Waals surface area contributed by atoms with Crippen LogP contribution in [0, 0.1) is 0 Å². The normalized spacial score (nSPS) is 26.0. The highest BCUT2D eigenvalue weighted by Gasteiger charge is 2.28. The van der Waals surface area contributed by atoms with Gasteiger partial charge < -0.3 is 10.0 Å². The number of hydrogen-bond donors (Lipinski definition) is 1. The SMILES string of the molecule is O=C1C(Br)CCN1CCO. The molecule has 0 saturated carbocycles. The molecular weight excluding hydrogens is 198 g/mol. The molecule has 0 aromatic heterocycles. The number of carbonyl (C=O) groups is 1. The smallest absolute Gasteiger partial charge is 0.236 e. The Labute approximate surface area is 68.1 Å². The Morgan fingerprint density at radius 1 is 1.80 bits per heavy atom. The Bertz CT molecular complexity index is 138. The molecule has 10 heavy (non-hydrogen) atoms. The van der Waals surface area contributed by atoms with E-state index in [1.165, 1.54) is 0 Å². The van der Waals surface area contributed by atoms with Crippen LogP contribution in [0.4, 0.5) is 0 Å². The number of nitrogens with zero attached hydrogens (tertiary/aromatic N) is 1. The van der Waals surface area contributed by atoms with Crippen LogP contribution in [0.1, 0.15) is 6.42 Å². The number of halogens is 1. The van der Waals surface area contributed by atoms with Crippen LogP contribution in [0.15, 0.2) is 0 Å². The van der Waals surface area contributed by atoms with Gasteiger partial charge in [-0.05, 0) is 6.42 Å². The lowest BCUT2D eigenvalue weighted by atomic mass is 10.4. The fraction of sp³-hybridized carbons (Fsp3) is 0.833. The van der Waals surface area contributed by atoms with E-state index in [2.05, 4.69) is 15.9 Å². The first kappa shape index (κ1) is 8.01. The summed E-state index contributed by atoms with van der Waals surface area (Å²) in [7, 11) is 0. The molecule has 0 radical (unpaired) electrons. The molecule has 0 aliphatic carbocycles. The Morgan fingerprint density at radius 2 is 2.50 bits per heavy atom. The van der Waals surface area contributed by atoms with E-state index in [4.69, 9.17) is 5.11 Å². The number of hydrogen-bond acceptors (Lipinski definition) is 2. The van der Waals surface area contributed by atoms with Gasteiger partial charge in [0.15, 0.2) is 0 Å². The van der Waals surface area contributed by atoms with E-state index in [0.29, 0.717) is 6.54 Å². The predicted octanol–water partition coefficient (Wildman–Crippen LogP) is -0.0255. The second kappa shape index (κ2) is 3.34. The summed E-state index contributed by atoms with van der Waals surface area (Å²) >= 11 is 3.24. The van der Waals surface area contributed by atoms with Crippen LogP contribution in [0.5, 0.6) is 0 Å². The van der Waals surface area contributed by atoms with Gasteiger partial charge >= 0.3 is 0 Å². The highest BCUT2D eigenvalue weighted by Crippen LogP contribution is 2.17. The van der Waals surface area contributed by atoms with Crippen LogP contribution in [0.25, 0.3) is 0 Å². The average Bonchev–Trinajstić information content (AvgIpc) is 2.20. The highest BCUT2D eigenvalue weighted by atomic mass is 79.9. The second-order valence-corrected chi connectivity index (χ2v) is 3.41. The molecule has 0 aromatic rings. The Hall–Kier alpha value is -0.0900. The summed E-state index contributed by atoms with van der Waals surface area (Å²) in [6, 6.07) is 0. The molecule has 1 rings (SSSR count). The van der Waals surface area contributed by atoms with Crippen molar-refractivity contribution in [3.05, 3.63) is 0 Å². The Kier molecular flexibility index (Phi) is 2.68. The topological polar surface area (TPSA) is 40.5 Å². The van der Waals surface area contributed by atoms with Gasteiger partial charge in [0.2, 0.25) is 5.91 Å². The van der Waals surface area contributed by atoms with E-state index in [-0.39, 0.29) is 17.3 Å². The summed E-state index contributed by atoms with van der Waals surface area (Å²) in [5.41, 5.74) is 0. The lowest BCUT2D eigenvalue weighted by molar-refractivity contribution is -0.127. The predicted molar refractivity (Wildman–Crippen MR) is 41.0 cm³/mol. The fourth-order valence-corrected chi connectivity index (χ4v) is 1.54. The third kappa shape index (κ3) is 1.49. The number of likely N-dealkylation sites (tertiary alicyclic amines) is 1. The van der Waals surface area contributed by atoms with E-state index in [1.807, 2.05) is 0 Å². The van der Waals surface area contributed by atoms with Crippen molar-refractivity contribution in [2.45, 2.75) is 11.2 Å². The van der Waals surface area contributed by atoms with Gasteiger partial charge in [0.25, 0.3) is 0 Å². The van der Waals surface area contributed by atoms with E-state index in [1.54, 1.807) is 4.90 Å². The Morgan fingerprint density at radius 3 is 2.90 bits per heavy atom. The van der Waals surface area contributed by atoms with Crippen molar-refractivity contribution >= 4 is 21.8 Å². The lowest BCUT2D eigenvalue weighted by Crippen LogP contribution is -2.30. The summed E-state index contributed by atoms with van der Waals surface area (Å²) in [4.78, 5) is 12.7. The number of carbonyl (C=O) groups excluding carboxylic acids is 1. The molecule has 1 heterocycles. The van der Waals surface area contributed by atoms with Crippen molar-refractivity contribution in [2.75, 3.05) is 19.7 Å². The maximum atomic E-state index is 11.1. The molecule has 1 unspecified atom stereocenters. The molecule has 1 aliphatic rings. The summed E-state index contributed by atoms with van der Waals surface area (Å²) < 4.78 is 0. The maximum absolute atomic E-state index is 11.1. The number of aliphatic hydroxyl groups is 1. The fourth-order valence-electron chi connectivity index (χ4n) is 1.04. The van der Waals surface area contributed by atoms with E-state index < -0.39 is 0 Å². The summed E-state index contributed by atoms with van der Waals surface area (Å²) in [6.45, 7) is 1.31. The third-order valence-electron chi connectivity index (χ3n) is 1.60. The summed E-state index contributed by atoms with van der Waals surface area (Å²) in [5, 5.41) is 8.52. The Balaban J connectivity index is 2.41. The average molecular weight is 208 g/mol. The van der Waals surface area contributed by atoms with Gasteiger partial charge in [0.1, 0.15) is 0 Å². The van der Waals surface area contributed by atoms with Crippen molar-refractivity contribution in [1.29, 1.82) is 0 Å². The molecule has 4 heteroatoms. The number of aliphatic hydroxyl groups excluding tert-OH is 1. The minimum Gasteiger partial charge on any atom is -0.395 e. The van der Waals surface area contributed by atoms with E-state index in [9.17, 15) is 4.79 Å². The zero-order valence-electron chi connectivity index (χ0n) is 5.59. The van der Waals surface area contributed by atoms with Gasteiger partial charge in [0.05, 0.1) is 11.4 Å². The first-order valence-corrected chi connectivity index (χ1v) is 4.21. The molecule has 1 N–H and O–H groups in total. The van der Waals surface area contributed by atoms with Crippen LogP contribution in [0.3, 0.4) is 0 Å². The molecule has 1 saturated heterocycles. The standard InChI is InChI=1S/C6H10BrNO2/c7-5-1-2-8(3-4-9)6(5)10/h5,9H,1-4H2. The first-order chi connectivity index (χ1) is 4.75. The molecule has 1 amide bonds. The largest absolute Gasteiger partial charge is 0.395 e. The molecule has 1 aliphatic heterocycles. The highest BCUT2D eigenvalue weighted by molar-refractivity contribution is 9.10. The van der Waals surface area contributed by atoms with Crippen molar-refractivity contribution < 1.29 is 9.90 Å².